The molecule has 0 amide bonds. The molecule has 1 aliphatic rings. The highest BCUT2D eigenvalue weighted by atomic mass is 35.5. The van der Waals surface area contributed by atoms with Crippen LogP contribution >= 0.6 is 11.6 Å². The molecular formula is C15H24ClN3O. The fourth-order valence-corrected chi connectivity index (χ4v) is 2.89. The van der Waals surface area contributed by atoms with Crippen LogP contribution in [0.3, 0.4) is 0 Å². The molecule has 0 bridgehead atoms. The molecule has 0 radical (unpaired) electrons. The van der Waals surface area contributed by atoms with Gasteiger partial charge in [-0.15, -0.1) is 0 Å². The fourth-order valence-electron chi connectivity index (χ4n) is 2.70. The maximum Gasteiger partial charge on any atom is 0.137 e. The van der Waals surface area contributed by atoms with Crippen LogP contribution in [0.25, 0.3) is 0 Å². The lowest BCUT2D eigenvalue weighted by Crippen LogP contribution is -2.22. The first-order chi connectivity index (χ1) is 9.40. The molecule has 112 valence electrons. The highest BCUT2D eigenvalue weighted by Gasteiger charge is 2.26. The summed E-state index contributed by atoms with van der Waals surface area (Å²) in [7, 11) is 0. The van der Waals surface area contributed by atoms with Crippen molar-refractivity contribution in [3.8, 4) is 0 Å². The fraction of sp³-hybridized carbons (Fsp3) is 0.733. The van der Waals surface area contributed by atoms with Gasteiger partial charge in [0.2, 0.25) is 0 Å². The number of hydrogen-bond acceptors (Lipinski definition) is 4. The predicted octanol–water partition coefficient (Wildman–Crippen LogP) is 3.25. The van der Waals surface area contributed by atoms with Crippen LogP contribution in [0.5, 0.6) is 0 Å². The van der Waals surface area contributed by atoms with Crippen molar-refractivity contribution in [3.05, 3.63) is 17.0 Å². The summed E-state index contributed by atoms with van der Waals surface area (Å²) in [5.41, 5.74) is -0.123. The van der Waals surface area contributed by atoms with Crippen LogP contribution < -0.4 is 5.32 Å². The number of aliphatic hydroxyl groups excluding tert-OH is 1. The van der Waals surface area contributed by atoms with Crippen LogP contribution in [0.4, 0.5) is 5.82 Å². The van der Waals surface area contributed by atoms with Gasteiger partial charge in [-0.05, 0) is 24.7 Å². The molecule has 2 rings (SSSR count). The Morgan fingerprint density at radius 2 is 2.00 bits per heavy atom. The Morgan fingerprint density at radius 3 is 2.65 bits per heavy atom. The Morgan fingerprint density at radius 1 is 1.30 bits per heavy atom. The lowest BCUT2D eigenvalue weighted by Gasteiger charge is -2.20. The molecule has 1 aliphatic carbocycles. The highest BCUT2D eigenvalue weighted by molar-refractivity contribution is 6.29. The minimum absolute atomic E-state index is 0.123. The number of rotatable bonds is 4. The molecule has 1 aromatic heterocycles. The molecule has 0 saturated heterocycles. The summed E-state index contributed by atoms with van der Waals surface area (Å²) >= 11 is 6.08. The van der Waals surface area contributed by atoms with Crippen LogP contribution in [-0.4, -0.2) is 28.2 Å². The number of hydrogen-bond donors (Lipinski definition) is 2. The first-order valence-electron chi connectivity index (χ1n) is 7.30. The van der Waals surface area contributed by atoms with E-state index in [1.807, 2.05) is 0 Å². The topological polar surface area (TPSA) is 58.0 Å². The van der Waals surface area contributed by atoms with Gasteiger partial charge in [-0.25, -0.2) is 9.97 Å². The average molecular weight is 298 g/mol. The lowest BCUT2D eigenvalue weighted by atomic mass is 9.95. The van der Waals surface area contributed by atoms with E-state index in [2.05, 4.69) is 36.1 Å². The predicted molar refractivity (Wildman–Crippen MR) is 82.1 cm³/mol. The largest absolute Gasteiger partial charge is 0.396 e. The van der Waals surface area contributed by atoms with Gasteiger partial charge in [-0.3, -0.25) is 0 Å². The normalized spacial score (nSPS) is 23.1. The van der Waals surface area contributed by atoms with Crippen LogP contribution in [0, 0.1) is 11.8 Å². The summed E-state index contributed by atoms with van der Waals surface area (Å²) in [6, 6.07) is 1.76. The zero-order valence-corrected chi connectivity index (χ0v) is 13.2. The number of nitrogens with zero attached hydrogens (tertiary/aromatic N) is 2. The summed E-state index contributed by atoms with van der Waals surface area (Å²) in [6.07, 6.45) is 3.50. The van der Waals surface area contributed by atoms with E-state index in [9.17, 15) is 5.11 Å². The SMILES string of the molecule is CC(C)(C)c1nc(Cl)cc(NCC2CCCC2CO)n1. The van der Waals surface area contributed by atoms with Crippen LogP contribution in [0.2, 0.25) is 5.15 Å². The molecule has 5 heteroatoms. The molecule has 0 spiro atoms. The molecule has 1 heterocycles. The average Bonchev–Trinajstić information content (AvgIpc) is 2.82. The summed E-state index contributed by atoms with van der Waals surface area (Å²) < 4.78 is 0. The lowest BCUT2D eigenvalue weighted by molar-refractivity contribution is 0.199. The first kappa shape index (κ1) is 15.5. The number of nitrogens with one attached hydrogen (secondary N) is 1. The van der Waals surface area contributed by atoms with Crippen molar-refractivity contribution < 1.29 is 5.11 Å². The molecule has 1 fully saturated rings. The zero-order chi connectivity index (χ0) is 14.8. The molecule has 20 heavy (non-hydrogen) atoms. The van der Waals surface area contributed by atoms with Gasteiger partial charge in [0, 0.05) is 24.6 Å². The highest BCUT2D eigenvalue weighted by Crippen LogP contribution is 2.31. The van der Waals surface area contributed by atoms with E-state index in [1.54, 1.807) is 6.07 Å². The minimum atomic E-state index is -0.123. The van der Waals surface area contributed by atoms with Crippen molar-refractivity contribution in [1.29, 1.82) is 0 Å². The van der Waals surface area contributed by atoms with Crippen LogP contribution in [0.1, 0.15) is 45.9 Å². The second-order valence-corrected chi connectivity index (χ2v) is 7.05. The van der Waals surface area contributed by atoms with Crippen LogP contribution in [-0.2, 0) is 5.41 Å². The van der Waals surface area contributed by atoms with E-state index in [0.29, 0.717) is 17.0 Å². The van der Waals surface area contributed by atoms with Gasteiger partial charge < -0.3 is 10.4 Å². The monoisotopic (exact) mass is 297 g/mol. The van der Waals surface area contributed by atoms with E-state index in [4.69, 9.17) is 11.6 Å². The summed E-state index contributed by atoms with van der Waals surface area (Å²) in [4.78, 5) is 8.84. The van der Waals surface area contributed by atoms with Gasteiger partial charge in [0.1, 0.15) is 16.8 Å². The Kier molecular flexibility index (Phi) is 4.86. The second-order valence-electron chi connectivity index (χ2n) is 6.66. The van der Waals surface area contributed by atoms with E-state index >= 15 is 0 Å². The third kappa shape index (κ3) is 3.83. The number of halogens is 1. The second kappa shape index (κ2) is 6.27. The zero-order valence-electron chi connectivity index (χ0n) is 12.5. The van der Waals surface area contributed by atoms with Crippen molar-refractivity contribution >= 4 is 17.4 Å². The third-order valence-corrected chi connectivity index (χ3v) is 4.16. The Balaban J connectivity index is 2.04. The molecule has 1 saturated carbocycles. The summed E-state index contributed by atoms with van der Waals surface area (Å²) in [6.45, 7) is 7.33. The van der Waals surface area contributed by atoms with Gasteiger partial charge in [-0.2, -0.15) is 0 Å². The quantitative estimate of drug-likeness (QED) is 0.838. The molecule has 2 N–H and O–H groups in total. The smallest absolute Gasteiger partial charge is 0.137 e. The molecule has 4 nitrogen and oxygen atoms in total. The van der Waals surface area contributed by atoms with Crippen LogP contribution in [0.15, 0.2) is 6.07 Å². The van der Waals surface area contributed by atoms with E-state index in [1.165, 1.54) is 12.8 Å². The molecular weight excluding hydrogens is 274 g/mol. The van der Waals surface area contributed by atoms with Crippen molar-refractivity contribution in [2.24, 2.45) is 11.8 Å². The van der Waals surface area contributed by atoms with E-state index in [-0.39, 0.29) is 12.0 Å². The maximum absolute atomic E-state index is 9.35. The van der Waals surface area contributed by atoms with E-state index < -0.39 is 0 Å². The number of aliphatic hydroxyl groups is 1. The van der Waals surface area contributed by atoms with Gasteiger partial charge in [0.25, 0.3) is 0 Å². The standard InChI is InChI=1S/C15H24ClN3O/c1-15(2,3)14-18-12(16)7-13(19-14)17-8-10-5-4-6-11(10)9-20/h7,10-11,20H,4-6,8-9H2,1-3H3,(H,17,18,19). The molecule has 2 atom stereocenters. The Bertz CT molecular complexity index is 459. The molecule has 0 aliphatic heterocycles. The molecule has 2 unspecified atom stereocenters. The number of anilines is 1. The van der Waals surface area contributed by atoms with E-state index in [0.717, 1.165) is 24.6 Å². The van der Waals surface area contributed by atoms with Gasteiger partial charge >= 0.3 is 0 Å². The molecule has 1 aromatic rings. The van der Waals surface area contributed by atoms with Crippen molar-refractivity contribution in [2.45, 2.75) is 45.4 Å². The number of aromatic nitrogens is 2. The summed E-state index contributed by atoms with van der Waals surface area (Å²) in [5.74, 6) is 2.46. The summed E-state index contributed by atoms with van der Waals surface area (Å²) in [5, 5.41) is 13.2. The van der Waals surface area contributed by atoms with Crippen molar-refractivity contribution in [2.75, 3.05) is 18.5 Å². The van der Waals surface area contributed by atoms with Gasteiger partial charge in [-0.1, -0.05) is 38.8 Å². The minimum Gasteiger partial charge on any atom is -0.396 e. The Labute approximate surface area is 126 Å². The molecule has 0 aromatic carbocycles. The van der Waals surface area contributed by atoms with Crippen molar-refractivity contribution in [1.82, 2.24) is 9.97 Å². The Hall–Kier alpha value is -0.870. The van der Waals surface area contributed by atoms with Crippen molar-refractivity contribution in [3.63, 3.8) is 0 Å². The van der Waals surface area contributed by atoms with Gasteiger partial charge in [0.15, 0.2) is 0 Å². The first-order valence-corrected chi connectivity index (χ1v) is 7.67. The van der Waals surface area contributed by atoms with Gasteiger partial charge in [0.05, 0.1) is 0 Å². The maximum atomic E-state index is 9.35. The third-order valence-electron chi connectivity index (χ3n) is 3.96.